The highest BCUT2D eigenvalue weighted by Gasteiger charge is 2.50. The number of hydrogen-bond acceptors (Lipinski definition) is 3. The number of nitrogens with zero attached hydrogens (tertiary/aromatic N) is 2. The maximum atomic E-state index is 12.5. The van der Waals surface area contributed by atoms with Crippen molar-refractivity contribution in [3.8, 4) is 0 Å². The Morgan fingerprint density at radius 1 is 1.12 bits per heavy atom. The molecule has 1 amide bonds. The molecule has 0 unspecified atom stereocenters. The van der Waals surface area contributed by atoms with Crippen LogP contribution in [0.5, 0.6) is 0 Å². The highest BCUT2D eigenvalue weighted by molar-refractivity contribution is 6.43. The number of ketones is 1. The molecule has 5 nitrogen and oxygen atoms in total. The van der Waals surface area contributed by atoms with Crippen LogP contribution in [0.25, 0.3) is 0 Å². The Kier molecular flexibility index (Phi) is 4.00. The molecule has 0 radical (unpaired) electrons. The summed E-state index contributed by atoms with van der Waals surface area (Å²) in [4.78, 5) is 24.8. The smallest absolute Gasteiger partial charge is 0.292 e. The predicted octanol–water partition coefficient (Wildman–Crippen LogP) is 2.94. The van der Waals surface area contributed by atoms with Gasteiger partial charge in [0.15, 0.2) is 0 Å². The molecule has 5 heteroatoms. The molecule has 0 aliphatic heterocycles. The van der Waals surface area contributed by atoms with Gasteiger partial charge in [-0.25, -0.2) is 0 Å². The van der Waals surface area contributed by atoms with Crippen molar-refractivity contribution in [2.45, 2.75) is 58.8 Å². The lowest BCUT2D eigenvalue weighted by Crippen LogP contribution is -2.47. The van der Waals surface area contributed by atoms with E-state index in [1.807, 2.05) is 6.92 Å². The highest BCUT2D eigenvalue weighted by atomic mass is 16.2. The van der Waals surface area contributed by atoms with Crippen LogP contribution in [-0.4, -0.2) is 28.0 Å². The third kappa shape index (κ3) is 2.91. The minimum atomic E-state index is -0.482. The van der Waals surface area contributed by atoms with Gasteiger partial charge >= 0.3 is 0 Å². The second-order valence-corrected chi connectivity index (χ2v) is 8.92. The highest BCUT2D eigenvalue weighted by Crippen LogP contribution is 2.61. The van der Waals surface area contributed by atoms with Gasteiger partial charge in [0.2, 0.25) is 0 Å². The van der Waals surface area contributed by atoms with E-state index in [4.69, 9.17) is 0 Å². The number of carbonyl (C=O) groups excluding carboxylic acids is 2. The Morgan fingerprint density at radius 2 is 1.68 bits per heavy atom. The van der Waals surface area contributed by atoms with E-state index in [2.05, 4.69) is 10.4 Å². The van der Waals surface area contributed by atoms with Gasteiger partial charge in [0.25, 0.3) is 11.7 Å². The van der Waals surface area contributed by atoms with E-state index in [9.17, 15) is 9.59 Å². The van der Waals surface area contributed by atoms with Gasteiger partial charge in [-0.15, -0.1) is 0 Å². The van der Waals surface area contributed by atoms with Crippen LogP contribution in [0.3, 0.4) is 0 Å². The van der Waals surface area contributed by atoms with Crippen LogP contribution in [0, 0.1) is 37.0 Å². The number of carbonyl (C=O) groups is 2. The van der Waals surface area contributed by atoms with E-state index in [-0.39, 0.29) is 0 Å². The molecule has 25 heavy (non-hydrogen) atoms. The van der Waals surface area contributed by atoms with Gasteiger partial charge in [-0.2, -0.15) is 5.10 Å². The summed E-state index contributed by atoms with van der Waals surface area (Å²) in [6.07, 6.45) is 9.34. The molecule has 0 spiro atoms. The van der Waals surface area contributed by atoms with Gasteiger partial charge < -0.3 is 5.32 Å². The Balaban J connectivity index is 1.36. The van der Waals surface area contributed by atoms with Crippen molar-refractivity contribution in [2.75, 3.05) is 6.54 Å². The molecule has 1 aromatic heterocycles. The number of aromatic nitrogens is 2. The fourth-order valence-corrected chi connectivity index (χ4v) is 6.33. The van der Waals surface area contributed by atoms with Crippen molar-refractivity contribution < 1.29 is 9.59 Å². The molecule has 1 heterocycles. The van der Waals surface area contributed by atoms with E-state index in [0.717, 1.165) is 29.9 Å². The fourth-order valence-electron chi connectivity index (χ4n) is 6.33. The average Bonchev–Trinajstić information content (AvgIpc) is 2.77. The Bertz CT molecular complexity index is 683. The third-order valence-electron chi connectivity index (χ3n) is 7.05. The zero-order valence-electron chi connectivity index (χ0n) is 15.6. The molecular formula is C20H29N3O2. The second kappa shape index (κ2) is 5.96. The van der Waals surface area contributed by atoms with Gasteiger partial charge in [0.05, 0.1) is 11.3 Å². The molecule has 136 valence electrons. The summed E-state index contributed by atoms with van der Waals surface area (Å²) in [7, 11) is 1.80. The molecule has 4 fully saturated rings. The summed E-state index contributed by atoms with van der Waals surface area (Å²) in [6, 6.07) is 0. The van der Waals surface area contributed by atoms with E-state index < -0.39 is 11.7 Å². The van der Waals surface area contributed by atoms with E-state index in [1.54, 1.807) is 18.7 Å². The lowest BCUT2D eigenvalue weighted by Gasteiger charge is -2.57. The van der Waals surface area contributed by atoms with Gasteiger partial charge in [0.1, 0.15) is 0 Å². The summed E-state index contributed by atoms with van der Waals surface area (Å²) in [5, 5.41) is 7.13. The van der Waals surface area contributed by atoms with Gasteiger partial charge in [-0.3, -0.25) is 14.3 Å². The Hall–Kier alpha value is -1.65. The molecule has 4 aliphatic carbocycles. The molecule has 0 aromatic carbocycles. The molecule has 0 atom stereocenters. The zero-order chi connectivity index (χ0) is 17.8. The molecule has 4 bridgehead atoms. The third-order valence-corrected chi connectivity index (χ3v) is 7.05. The minimum Gasteiger partial charge on any atom is -0.349 e. The number of aryl methyl sites for hydroxylation is 2. The van der Waals surface area contributed by atoms with Crippen LogP contribution in [0.1, 0.15) is 66.7 Å². The van der Waals surface area contributed by atoms with E-state index in [0.29, 0.717) is 23.2 Å². The topological polar surface area (TPSA) is 64.0 Å². The first-order chi connectivity index (χ1) is 11.9. The number of rotatable bonds is 5. The largest absolute Gasteiger partial charge is 0.349 e. The number of hydrogen-bond donors (Lipinski definition) is 1. The molecule has 1 aromatic rings. The van der Waals surface area contributed by atoms with Crippen LogP contribution in [-0.2, 0) is 11.8 Å². The van der Waals surface area contributed by atoms with Crippen LogP contribution in [0.4, 0.5) is 0 Å². The van der Waals surface area contributed by atoms with Crippen molar-refractivity contribution in [3.63, 3.8) is 0 Å². The summed E-state index contributed by atoms with van der Waals surface area (Å²) in [6.45, 7) is 4.23. The van der Waals surface area contributed by atoms with Gasteiger partial charge in [0, 0.05) is 19.3 Å². The Morgan fingerprint density at radius 3 is 2.16 bits per heavy atom. The average molecular weight is 343 g/mol. The lowest BCUT2D eigenvalue weighted by molar-refractivity contribution is -0.117. The van der Waals surface area contributed by atoms with Gasteiger partial charge in [-0.05, 0) is 82.0 Å². The van der Waals surface area contributed by atoms with Crippen molar-refractivity contribution in [1.82, 2.24) is 15.1 Å². The first kappa shape index (κ1) is 16.8. The second-order valence-electron chi connectivity index (χ2n) is 8.92. The molecule has 1 N–H and O–H groups in total. The van der Waals surface area contributed by atoms with Crippen LogP contribution >= 0.6 is 0 Å². The fraction of sp³-hybridized carbons (Fsp3) is 0.750. The van der Waals surface area contributed by atoms with Crippen LogP contribution in [0.2, 0.25) is 0 Å². The van der Waals surface area contributed by atoms with Gasteiger partial charge in [-0.1, -0.05) is 0 Å². The maximum Gasteiger partial charge on any atom is 0.292 e. The maximum absolute atomic E-state index is 12.5. The summed E-state index contributed by atoms with van der Waals surface area (Å²) in [5.74, 6) is 1.83. The monoisotopic (exact) mass is 343 g/mol. The van der Waals surface area contributed by atoms with Crippen molar-refractivity contribution in [3.05, 3.63) is 17.0 Å². The standard InChI is InChI=1S/C20H29N3O2/c1-12-17(13(2)23(3)22-12)18(24)19(25)21-5-4-20-9-14-6-15(10-20)8-16(7-14)11-20/h14-16H,4-11H2,1-3H3,(H,21,25). The van der Waals surface area contributed by atoms with E-state index in [1.165, 1.54) is 38.5 Å². The van der Waals surface area contributed by atoms with Crippen LogP contribution < -0.4 is 5.32 Å². The molecule has 5 rings (SSSR count). The first-order valence-corrected chi connectivity index (χ1v) is 9.69. The Labute approximate surface area is 149 Å². The van der Waals surface area contributed by atoms with Crippen molar-refractivity contribution in [1.29, 1.82) is 0 Å². The lowest BCUT2D eigenvalue weighted by atomic mass is 9.49. The quantitative estimate of drug-likeness (QED) is 0.660. The minimum absolute atomic E-state index is 0.436. The van der Waals surface area contributed by atoms with Crippen LogP contribution in [0.15, 0.2) is 0 Å². The number of Topliss-reactive ketones (excluding diaryl/α,β-unsaturated/α-hetero) is 1. The van der Waals surface area contributed by atoms with Crippen molar-refractivity contribution >= 4 is 11.7 Å². The SMILES string of the molecule is Cc1nn(C)c(C)c1C(=O)C(=O)NCCC12CC3CC(CC(C3)C1)C2. The normalized spacial score (nSPS) is 32.8. The molecule has 4 saturated carbocycles. The summed E-state index contributed by atoms with van der Waals surface area (Å²) < 4.78 is 1.66. The van der Waals surface area contributed by atoms with E-state index >= 15 is 0 Å². The molecule has 0 saturated heterocycles. The molecule has 4 aliphatic rings. The molecular weight excluding hydrogens is 314 g/mol. The summed E-state index contributed by atoms with van der Waals surface area (Å²) >= 11 is 0. The first-order valence-electron chi connectivity index (χ1n) is 9.69. The number of amides is 1. The zero-order valence-corrected chi connectivity index (χ0v) is 15.6. The predicted molar refractivity (Wildman–Crippen MR) is 95.2 cm³/mol. The number of nitrogens with one attached hydrogen (secondary N) is 1. The summed E-state index contributed by atoms with van der Waals surface area (Å²) in [5.41, 5.74) is 2.26. The van der Waals surface area contributed by atoms with Crippen molar-refractivity contribution in [2.24, 2.45) is 30.2 Å².